The number of benzene rings is 1. The minimum absolute atomic E-state index is 0.170. The van der Waals surface area contributed by atoms with E-state index in [1.165, 1.54) is 18.2 Å². The molecule has 2 aromatic rings. The highest BCUT2D eigenvalue weighted by Gasteiger charge is 2.51. The molecule has 0 amide bonds. The molecule has 31 heavy (non-hydrogen) atoms. The third-order valence-corrected chi connectivity index (χ3v) is 6.96. The molecule has 3 heterocycles. The van der Waals surface area contributed by atoms with Crippen LogP contribution in [0.2, 0.25) is 0 Å². The van der Waals surface area contributed by atoms with E-state index >= 15 is 0 Å². The average molecular weight is 427 g/mol. The molecular formula is C25H34N2O4. The summed E-state index contributed by atoms with van der Waals surface area (Å²) in [7, 11) is 1.44. The number of hydrogen-bond donors (Lipinski definition) is 0. The van der Waals surface area contributed by atoms with Crippen molar-refractivity contribution in [3.8, 4) is 0 Å². The molecule has 0 radical (unpaired) electrons. The number of aromatic nitrogens is 1. The normalized spacial score (nSPS) is 24.8. The maximum Gasteiger partial charge on any atom is 0.305 e. The molecule has 2 bridgehead atoms. The number of nitrogens with zero attached hydrogens (tertiary/aromatic N) is 2. The Bertz CT molecular complexity index is 876. The molecule has 0 N–H and O–H groups in total. The van der Waals surface area contributed by atoms with Gasteiger partial charge < -0.3 is 13.9 Å². The zero-order chi connectivity index (χ0) is 21.8. The predicted molar refractivity (Wildman–Crippen MR) is 118 cm³/mol. The molecule has 0 aliphatic carbocycles. The van der Waals surface area contributed by atoms with Crippen molar-refractivity contribution in [1.29, 1.82) is 0 Å². The zero-order valence-corrected chi connectivity index (χ0v) is 18.9. The van der Waals surface area contributed by atoms with Gasteiger partial charge in [0.2, 0.25) is 0 Å². The van der Waals surface area contributed by atoms with Gasteiger partial charge in [-0.15, -0.1) is 0 Å². The van der Waals surface area contributed by atoms with Crippen LogP contribution >= 0.6 is 0 Å². The second kappa shape index (κ2) is 9.96. The Morgan fingerprint density at radius 1 is 1.16 bits per heavy atom. The number of rotatable bonds is 10. The molecule has 1 aromatic carbocycles. The second-order valence-corrected chi connectivity index (χ2v) is 8.67. The highest BCUT2D eigenvalue weighted by molar-refractivity contribution is 5.69. The Hall–Kier alpha value is -2.18. The minimum atomic E-state index is -0.170. The van der Waals surface area contributed by atoms with Gasteiger partial charge in [-0.2, -0.15) is 0 Å². The summed E-state index contributed by atoms with van der Waals surface area (Å²) in [5.74, 6) is 1.19. The van der Waals surface area contributed by atoms with E-state index in [1.807, 2.05) is 12.3 Å². The van der Waals surface area contributed by atoms with Gasteiger partial charge in [-0.25, -0.2) is 4.98 Å². The minimum Gasteiger partial charge on any atom is -0.469 e. The van der Waals surface area contributed by atoms with Crippen molar-refractivity contribution < 1.29 is 18.7 Å². The van der Waals surface area contributed by atoms with Crippen LogP contribution in [0.15, 0.2) is 34.9 Å². The number of methoxy groups -OCH3 is 1. The fourth-order valence-corrected chi connectivity index (χ4v) is 5.19. The van der Waals surface area contributed by atoms with E-state index in [9.17, 15) is 4.79 Å². The molecule has 4 rings (SSSR count). The molecule has 1 aromatic heterocycles. The first-order valence-electron chi connectivity index (χ1n) is 11.6. The van der Waals surface area contributed by atoms with E-state index in [2.05, 4.69) is 36.9 Å². The predicted octanol–water partition coefficient (Wildman–Crippen LogP) is 4.13. The van der Waals surface area contributed by atoms with Crippen molar-refractivity contribution in [3.63, 3.8) is 0 Å². The van der Waals surface area contributed by atoms with Crippen molar-refractivity contribution in [2.24, 2.45) is 5.92 Å². The van der Waals surface area contributed by atoms with Gasteiger partial charge in [-0.1, -0.05) is 38.1 Å². The lowest BCUT2D eigenvalue weighted by Gasteiger charge is -2.26. The van der Waals surface area contributed by atoms with Gasteiger partial charge >= 0.3 is 5.97 Å². The van der Waals surface area contributed by atoms with E-state index in [1.54, 1.807) is 0 Å². The van der Waals surface area contributed by atoms with Crippen molar-refractivity contribution in [2.45, 2.75) is 70.6 Å². The van der Waals surface area contributed by atoms with Crippen molar-refractivity contribution in [3.05, 3.63) is 53.2 Å². The smallest absolute Gasteiger partial charge is 0.305 e. The molecule has 6 heteroatoms. The largest absolute Gasteiger partial charge is 0.469 e. The molecule has 0 spiro atoms. The highest BCUT2D eigenvalue weighted by Crippen LogP contribution is 2.50. The van der Waals surface area contributed by atoms with Crippen LogP contribution < -0.4 is 0 Å². The lowest BCUT2D eigenvalue weighted by molar-refractivity contribution is -0.140. The molecule has 2 aliphatic rings. The Kier molecular flexibility index (Phi) is 7.08. The number of ether oxygens (including phenoxy) is 2. The van der Waals surface area contributed by atoms with E-state index in [-0.39, 0.29) is 24.1 Å². The van der Waals surface area contributed by atoms with E-state index in [4.69, 9.17) is 18.9 Å². The number of aryl methyl sites for hydroxylation is 1. The van der Waals surface area contributed by atoms with Crippen LogP contribution in [-0.2, 0) is 33.7 Å². The SMILES string of the molecule is CCN(CC)Cc1coc([C@H]2[C@@H](Cc3ccccc3CCC(=O)OC)[C@@H]3CC[C@H]2O3)n1. The molecular weight excluding hydrogens is 392 g/mol. The van der Waals surface area contributed by atoms with Gasteiger partial charge in [0.1, 0.15) is 6.26 Å². The maximum atomic E-state index is 11.6. The summed E-state index contributed by atoms with van der Waals surface area (Å²) in [6.07, 6.45) is 6.45. The topological polar surface area (TPSA) is 64.8 Å². The van der Waals surface area contributed by atoms with E-state index < -0.39 is 0 Å². The summed E-state index contributed by atoms with van der Waals surface area (Å²) in [6.45, 7) is 7.16. The number of carbonyl (C=O) groups is 1. The Labute approximate surface area is 184 Å². The number of hydrogen-bond acceptors (Lipinski definition) is 6. The van der Waals surface area contributed by atoms with Crippen LogP contribution in [0, 0.1) is 5.92 Å². The van der Waals surface area contributed by atoms with Crippen molar-refractivity contribution >= 4 is 5.97 Å². The van der Waals surface area contributed by atoms with Gasteiger partial charge in [-0.05, 0) is 49.9 Å². The third-order valence-electron chi connectivity index (χ3n) is 6.96. The second-order valence-electron chi connectivity index (χ2n) is 8.67. The molecule has 2 aliphatic heterocycles. The van der Waals surface area contributed by atoms with E-state index in [0.29, 0.717) is 18.8 Å². The van der Waals surface area contributed by atoms with Gasteiger partial charge in [0.05, 0.1) is 30.9 Å². The molecule has 6 nitrogen and oxygen atoms in total. The van der Waals surface area contributed by atoms with Crippen LogP contribution in [0.25, 0.3) is 0 Å². The average Bonchev–Trinajstić information content (AvgIpc) is 3.53. The lowest BCUT2D eigenvalue weighted by atomic mass is 9.75. The van der Waals surface area contributed by atoms with Crippen LogP contribution in [0.1, 0.15) is 61.7 Å². The lowest BCUT2D eigenvalue weighted by Crippen LogP contribution is -2.28. The number of oxazole rings is 1. The quantitative estimate of drug-likeness (QED) is 0.533. The number of fused-ring (bicyclic) bond motifs is 2. The fraction of sp³-hybridized carbons (Fsp3) is 0.600. The van der Waals surface area contributed by atoms with Crippen LogP contribution in [-0.4, -0.2) is 48.3 Å². The molecule has 4 atom stereocenters. The summed E-state index contributed by atoms with van der Waals surface area (Å²) in [5, 5.41) is 0. The highest BCUT2D eigenvalue weighted by atomic mass is 16.5. The molecule has 2 saturated heterocycles. The monoisotopic (exact) mass is 426 g/mol. The zero-order valence-electron chi connectivity index (χ0n) is 18.9. The molecule has 0 unspecified atom stereocenters. The third kappa shape index (κ3) is 4.85. The fourth-order valence-electron chi connectivity index (χ4n) is 5.19. The Morgan fingerprint density at radius 2 is 1.90 bits per heavy atom. The van der Waals surface area contributed by atoms with Crippen LogP contribution in [0.5, 0.6) is 0 Å². The van der Waals surface area contributed by atoms with Gasteiger partial charge in [0.25, 0.3) is 0 Å². The van der Waals surface area contributed by atoms with Crippen molar-refractivity contribution in [1.82, 2.24) is 9.88 Å². The summed E-state index contributed by atoms with van der Waals surface area (Å²) in [5.41, 5.74) is 3.50. The van der Waals surface area contributed by atoms with Crippen LogP contribution in [0.3, 0.4) is 0 Å². The van der Waals surface area contributed by atoms with Gasteiger partial charge in [0.15, 0.2) is 5.89 Å². The van der Waals surface area contributed by atoms with Gasteiger partial charge in [-0.3, -0.25) is 9.69 Å². The maximum absolute atomic E-state index is 11.6. The molecule has 0 saturated carbocycles. The molecule has 2 fully saturated rings. The Morgan fingerprint density at radius 3 is 2.65 bits per heavy atom. The Balaban J connectivity index is 1.51. The standard InChI is InChI=1S/C25H34N2O4/c1-4-27(5-2)15-19-16-30-25(26-19)24-20(21-11-12-22(24)31-21)14-18-9-7-6-8-17(18)10-13-23(28)29-3/h6-9,16,20-22,24H,4-5,10-15H2,1-3H3/t20-,21-,22+,24-/m0/s1. The first-order valence-corrected chi connectivity index (χ1v) is 11.6. The summed E-state index contributed by atoms with van der Waals surface area (Å²) in [4.78, 5) is 18.9. The summed E-state index contributed by atoms with van der Waals surface area (Å²) < 4.78 is 17.2. The molecule has 168 valence electrons. The first-order chi connectivity index (χ1) is 15.1. The summed E-state index contributed by atoms with van der Waals surface area (Å²) >= 11 is 0. The van der Waals surface area contributed by atoms with Gasteiger partial charge in [0, 0.05) is 18.9 Å². The first kappa shape index (κ1) is 22.0. The summed E-state index contributed by atoms with van der Waals surface area (Å²) in [6, 6.07) is 8.41. The van der Waals surface area contributed by atoms with E-state index in [0.717, 1.165) is 50.5 Å². The number of esters is 1. The van der Waals surface area contributed by atoms with Crippen molar-refractivity contribution in [2.75, 3.05) is 20.2 Å². The van der Waals surface area contributed by atoms with Crippen LogP contribution in [0.4, 0.5) is 0 Å². The number of carbonyl (C=O) groups excluding carboxylic acids is 1.